The number of ether oxygens (including phenoxy) is 3. The number of nitrogens with two attached hydrogens (primary N) is 1. The zero-order chi connectivity index (χ0) is 17.9. The van der Waals surface area contributed by atoms with Gasteiger partial charge in [-0.25, -0.2) is 4.98 Å². The van der Waals surface area contributed by atoms with Gasteiger partial charge < -0.3 is 34.8 Å². The monoisotopic (exact) mass is 375 g/mol. The summed E-state index contributed by atoms with van der Waals surface area (Å²) in [6.45, 7) is -0.461. The van der Waals surface area contributed by atoms with E-state index in [2.05, 4.69) is 15.0 Å². The topological polar surface area (TPSA) is 195 Å². The Bertz CT molecular complexity index is 923. The van der Waals surface area contributed by atoms with Crippen LogP contribution >= 0.6 is 7.60 Å². The molecule has 2 saturated heterocycles. The second-order valence-electron chi connectivity index (χ2n) is 5.62. The second-order valence-corrected chi connectivity index (χ2v) is 7.22. The first-order chi connectivity index (χ1) is 11.8. The number of hydrogen-bond acceptors (Lipinski definition) is 9. The van der Waals surface area contributed by atoms with Crippen LogP contribution in [0.25, 0.3) is 11.2 Å². The molecule has 136 valence electrons. The summed E-state index contributed by atoms with van der Waals surface area (Å²) in [6, 6.07) is -1.76. The van der Waals surface area contributed by atoms with E-state index in [9.17, 15) is 24.3 Å². The number of aliphatic hydroxyl groups excluding tert-OH is 1. The highest BCUT2D eigenvalue weighted by atomic mass is 31.2. The van der Waals surface area contributed by atoms with Crippen molar-refractivity contribution in [3.63, 3.8) is 0 Å². The van der Waals surface area contributed by atoms with Crippen molar-refractivity contribution in [1.29, 1.82) is 0 Å². The maximum atomic E-state index is 11.9. The summed E-state index contributed by atoms with van der Waals surface area (Å²) < 4.78 is 28.9. The van der Waals surface area contributed by atoms with E-state index in [0.717, 1.165) is 0 Å². The highest BCUT2D eigenvalue weighted by Crippen LogP contribution is 2.51. The molecule has 25 heavy (non-hydrogen) atoms. The molecule has 4 heterocycles. The van der Waals surface area contributed by atoms with Crippen LogP contribution in [0.15, 0.2) is 11.1 Å². The number of anilines is 1. The van der Waals surface area contributed by atoms with Gasteiger partial charge in [-0.3, -0.25) is 18.9 Å². The van der Waals surface area contributed by atoms with Gasteiger partial charge in [0.05, 0.1) is 12.9 Å². The number of imidazole rings is 1. The molecule has 2 aliphatic rings. The van der Waals surface area contributed by atoms with E-state index in [-0.39, 0.29) is 17.1 Å². The van der Waals surface area contributed by atoms with Crippen molar-refractivity contribution in [3.05, 3.63) is 16.7 Å². The van der Waals surface area contributed by atoms with Gasteiger partial charge in [-0.1, -0.05) is 0 Å². The lowest BCUT2D eigenvalue weighted by Crippen LogP contribution is -2.31. The summed E-state index contributed by atoms with van der Waals surface area (Å²) in [4.78, 5) is 40.6. The van der Waals surface area contributed by atoms with Crippen LogP contribution in [0.2, 0.25) is 0 Å². The van der Waals surface area contributed by atoms with Crippen LogP contribution < -0.4 is 11.3 Å². The van der Waals surface area contributed by atoms with Crippen molar-refractivity contribution in [1.82, 2.24) is 19.5 Å². The Balaban J connectivity index is 1.76. The third-order valence-electron chi connectivity index (χ3n) is 4.01. The van der Waals surface area contributed by atoms with Gasteiger partial charge in [0.25, 0.3) is 11.6 Å². The second kappa shape index (κ2) is 5.57. The molecule has 13 nitrogen and oxygen atoms in total. The Labute approximate surface area is 138 Å². The molecule has 2 aromatic heterocycles. The lowest BCUT2D eigenvalue weighted by atomic mass is 10.1. The fourth-order valence-corrected chi connectivity index (χ4v) is 3.58. The Morgan fingerprint density at radius 1 is 1.32 bits per heavy atom. The number of aromatic nitrogens is 4. The number of hydrogen-bond donors (Lipinski definition) is 5. The van der Waals surface area contributed by atoms with E-state index in [0.29, 0.717) is 0 Å². The molecule has 2 fully saturated rings. The summed E-state index contributed by atoms with van der Waals surface area (Å²) in [5.41, 5.74) is 5.10. The van der Waals surface area contributed by atoms with Crippen LogP contribution in [0.1, 0.15) is 6.23 Å². The van der Waals surface area contributed by atoms with Crippen molar-refractivity contribution in [2.75, 3.05) is 12.3 Å². The molecule has 1 unspecified atom stereocenters. The van der Waals surface area contributed by atoms with Crippen LogP contribution in [0.4, 0.5) is 5.95 Å². The first-order valence-corrected chi connectivity index (χ1v) is 8.82. The number of H-pyrrole nitrogens is 1. The molecule has 0 aliphatic carbocycles. The number of aromatic amines is 1. The van der Waals surface area contributed by atoms with E-state index < -0.39 is 50.3 Å². The van der Waals surface area contributed by atoms with Crippen LogP contribution in [-0.4, -0.2) is 65.4 Å². The van der Waals surface area contributed by atoms with Gasteiger partial charge in [-0.15, -0.1) is 0 Å². The van der Waals surface area contributed by atoms with Gasteiger partial charge in [0.15, 0.2) is 17.4 Å². The summed E-state index contributed by atoms with van der Waals surface area (Å²) in [5, 5.41) is 9.45. The van der Waals surface area contributed by atoms with Gasteiger partial charge >= 0.3 is 7.60 Å². The first kappa shape index (κ1) is 16.6. The van der Waals surface area contributed by atoms with Crippen LogP contribution in [-0.2, 0) is 18.8 Å². The minimum atomic E-state index is -4.67. The van der Waals surface area contributed by atoms with Crippen molar-refractivity contribution in [2.45, 2.75) is 30.6 Å². The van der Waals surface area contributed by atoms with Crippen molar-refractivity contribution < 1.29 is 33.7 Å². The number of nitrogen functional groups attached to an aromatic ring is 1. The third kappa shape index (κ3) is 2.57. The minimum absolute atomic E-state index is 0.00671. The zero-order valence-corrected chi connectivity index (χ0v) is 13.3. The molecule has 0 amide bonds. The van der Waals surface area contributed by atoms with Gasteiger partial charge in [0, 0.05) is 0 Å². The molecule has 6 N–H and O–H groups in total. The number of rotatable bonds is 3. The molecule has 2 aromatic rings. The molecular weight excluding hydrogens is 361 g/mol. The molecule has 0 radical (unpaired) electrons. The van der Waals surface area contributed by atoms with E-state index >= 15 is 0 Å². The van der Waals surface area contributed by atoms with Crippen LogP contribution in [0.3, 0.4) is 0 Å². The Morgan fingerprint density at radius 2 is 2.04 bits per heavy atom. The van der Waals surface area contributed by atoms with Crippen LogP contribution in [0.5, 0.6) is 0 Å². The molecule has 2 aliphatic heterocycles. The van der Waals surface area contributed by atoms with Crippen molar-refractivity contribution >= 4 is 24.7 Å². The first-order valence-electron chi connectivity index (χ1n) is 7.14. The SMILES string of the molecule is Nc1nc2c(ncn2[C@@H]2O[C@H](CO)[C@H]3OC(P(=O)(O)O)O[C@H]32)c(=O)[nH]1. The Hall–Kier alpha value is -1.86. The van der Waals surface area contributed by atoms with E-state index in [1.165, 1.54) is 10.9 Å². The summed E-state index contributed by atoms with van der Waals surface area (Å²) in [5.74, 6) is -0.135. The molecule has 0 spiro atoms. The van der Waals surface area contributed by atoms with E-state index in [1.807, 2.05) is 0 Å². The van der Waals surface area contributed by atoms with Crippen molar-refractivity contribution in [2.24, 2.45) is 0 Å². The van der Waals surface area contributed by atoms with E-state index in [4.69, 9.17) is 19.9 Å². The number of nitrogens with one attached hydrogen (secondary N) is 1. The van der Waals surface area contributed by atoms with Crippen LogP contribution in [0, 0.1) is 0 Å². The van der Waals surface area contributed by atoms with Gasteiger partial charge in [-0.05, 0) is 0 Å². The van der Waals surface area contributed by atoms with Gasteiger partial charge in [-0.2, -0.15) is 4.98 Å². The third-order valence-corrected chi connectivity index (χ3v) is 4.80. The largest absolute Gasteiger partial charge is 0.394 e. The Kier molecular flexibility index (Phi) is 3.70. The predicted octanol–water partition coefficient (Wildman–Crippen LogP) is -2.16. The smallest absolute Gasteiger partial charge is 0.381 e. The fourth-order valence-electron chi connectivity index (χ4n) is 2.98. The van der Waals surface area contributed by atoms with Gasteiger partial charge in [0.2, 0.25) is 5.95 Å². The lowest BCUT2D eigenvalue weighted by Gasteiger charge is -2.20. The predicted molar refractivity (Wildman–Crippen MR) is 79.1 cm³/mol. The maximum absolute atomic E-state index is 11.9. The summed E-state index contributed by atoms with van der Waals surface area (Å²) in [6.07, 6.45) is -2.46. The number of nitrogens with zero attached hydrogens (tertiary/aromatic N) is 3. The molecule has 0 aromatic carbocycles. The van der Waals surface area contributed by atoms with Crippen molar-refractivity contribution in [3.8, 4) is 0 Å². The quantitative estimate of drug-likeness (QED) is 0.366. The molecule has 0 saturated carbocycles. The average molecular weight is 375 g/mol. The zero-order valence-electron chi connectivity index (χ0n) is 12.4. The number of aliphatic hydroxyl groups is 1. The summed E-state index contributed by atoms with van der Waals surface area (Å²) in [7, 11) is -4.67. The lowest BCUT2D eigenvalue weighted by molar-refractivity contribution is -0.128. The fraction of sp³-hybridized carbons (Fsp3) is 0.545. The Morgan fingerprint density at radius 3 is 2.72 bits per heavy atom. The number of fused-ring (bicyclic) bond motifs is 2. The normalized spacial score (nSPS) is 32.4. The molecule has 0 bridgehead atoms. The molecular formula is C11H14N5O8P. The minimum Gasteiger partial charge on any atom is -0.394 e. The molecule has 14 heteroatoms. The molecule has 5 atom stereocenters. The van der Waals surface area contributed by atoms with Gasteiger partial charge in [0.1, 0.15) is 18.3 Å². The summed E-state index contributed by atoms with van der Waals surface area (Å²) >= 11 is 0. The average Bonchev–Trinajstić information content (AvgIpc) is 3.18. The standard InChI is InChI=1S/C11H14N5O8P/c12-10-14-7-4(8(18)15-10)13-2-16(7)9-6-5(3(1-17)22-9)23-11(24-6)25(19,20)21/h2-3,5-6,9,11,17H,1H2,(H2,19,20,21)(H3,12,14,15,18)/t3-,5-,6-,9-,11?/m1/s1. The highest BCUT2D eigenvalue weighted by molar-refractivity contribution is 7.52. The maximum Gasteiger partial charge on any atom is 0.381 e. The molecule has 4 rings (SSSR count). The van der Waals surface area contributed by atoms with E-state index in [1.54, 1.807) is 0 Å². The highest BCUT2D eigenvalue weighted by Gasteiger charge is 2.57.